The van der Waals surface area contributed by atoms with E-state index in [1.54, 1.807) is 15.9 Å². The molecule has 0 saturated carbocycles. The van der Waals surface area contributed by atoms with Crippen LogP contribution in [0.1, 0.15) is 17.0 Å². The van der Waals surface area contributed by atoms with Gasteiger partial charge in [0.05, 0.1) is 0 Å². The molecule has 0 atom stereocenters. The first-order valence-corrected chi connectivity index (χ1v) is 6.65. The Labute approximate surface area is 107 Å². The van der Waals surface area contributed by atoms with E-state index >= 15 is 0 Å². The van der Waals surface area contributed by atoms with Gasteiger partial charge in [-0.1, -0.05) is 23.5 Å². The number of hydrogen-bond donors (Lipinski definition) is 1. The molecule has 4 rings (SSSR count). The van der Waals surface area contributed by atoms with E-state index in [0.29, 0.717) is 0 Å². The average Bonchev–Trinajstić information content (AvgIpc) is 3.05. The molecule has 1 aliphatic rings. The first-order chi connectivity index (χ1) is 8.81. The molecule has 1 aliphatic heterocycles. The van der Waals surface area contributed by atoms with Gasteiger partial charge in [0, 0.05) is 18.7 Å². The summed E-state index contributed by atoms with van der Waals surface area (Å²) in [5.74, 6) is 0.829. The van der Waals surface area contributed by atoms with Crippen LogP contribution in [0.5, 0.6) is 0 Å². The molecule has 2 aromatic heterocycles. The highest BCUT2D eigenvalue weighted by molar-refractivity contribution is 7.19. The fourth-order valence-electron chi connectivity index (χ4n) is 2.26. The summed E-state index contributed by atoms with van der Waals surface area (Å²) in [5, 5.41) is 17.0. The first kappa shape index (κ1) is 10.2. The van der Waals surface area contributed by atoms with Gasteiger partial charge in [0.2, 0.25) is 4.96 Å². The van der Waals surface area contributed by atoms with E-state index in [4.69, 9.17) is 0 Å². The third-order valence-corrected chi connectivity index (χ3v) is 4.18. The predicted octanol–water partition coefficient (Wildman–Crippen LogP) is 1.76. The van der Waals surface area contributed by atoms with Gasteiger partial charge in [-0.3, -0.25) is 0 Å². The van der Waals surface area contributed by atoms with E-state index in [9.17, 15) is 0 Å². The highest BCUT2D eigenvalue weighted by Crippen LogP contribution is 2.28. The molecular weight excluding hydrogens is 246 g/mol. The summed E-state index contributed by atoms with van der Waals surface area (Å²) in [7, 11) is 0. The van der Waals surface area contributed by atoms with Crippen LogP contribution in [0.25, 0.3) is 15.5 Å². The quantitative estimate of drug-likeness (QED) is 0.722. The second-order valence-corrected chi connectivity index (χ2v) is 5.39. The Morgan fingerprint density at radius 2 is 2.11 bits per heavy atom. The number of benzene rings is 1. The maximum Gasteiger partial charge on any atom is 0.234 e. The van der Waals surface area contributed by atoms with Gasteiger partial charge in [-0.2, -0.15) is 9.61 Å². The van der Waals surface area contributed by atoms with E-state index in [1.807, 2.05) is 6.92 Å². The third-order valence-electron chi connectivity index (χ3n) is 3.23. The molecule has 0 amide bonds. The van der Waals surface area contributed by atoms with Crippen molar-refractivity contribution in [2.24, 2.45) is 0 Å². The smallest absolute Gasteiger partial charge is 0.234 e. The van der Waals surface area contributed by atoms with Crippen molar-refractivity contribution in [1.82, 2.24) is 25.1 Å². The van der Waals surface area contributed by atoms with Crippen LogP contribution in [0.2, 0.25) is 0 Å². The lowest BCUT2D eigenvalue weighted by Gasteiger charge is -2.00. The highest BCUT2D eigenvalue weighted by atomic mass is 32.1. The molecular formula is C12H11N5S. The number of aryl methyl sites for hydroxylation is 1. The summed E-state index contributed by atoms with van der Waals surface area (Å²) in [5.41, 5.74) is 3.92. The largest absolute Gasteiger partial charge is 0.309 e. The topological polar surface area (TPSA) is 55.1 Å². The number of aromatic nitrogens is 4. The van der Waals surface area contributed by atoms with Gasteiger partial charge in [-0.25, -0.2) is 0 Å². The number of nitrogens with one attached hydrogen (secondary N) is 1. The van der Waals surface area contributed by atoms with Crippen molar-refractivity contribution in [3.8, 4) is 10.6 Å². The Bertz CT molecular complexity index is 742. The van der Waals surface area contributed by atoms with Crippen LogP contribution in [0.4, 0.5) is 0 Å². The van der Waals surface area contributed by atoms with Crippen molar-refractivity contribution in [1.29, 1.82) is 0 Å². The standard InChI is InChI=1S/C12H11N5S/c1-7-14-15-12-17(7)16-11(18-12)8-2-3-9-5-13-6-10(9)4-8/h2-4,13H,5-6H2,1H3. The minimum atomic E-state index is 0.829. The predicted molar refractivity (Wildman–Crippen MR) is 69.4 cm³/mol. The van der Waals surface area contributed by atoms with Crippen molar-refractivity contribution in [3.63, 3.8) is 0 Å². The van der Waals surface area contributed by atoms with Crippen LogP contribution in [0, 0.1) is 6.92 Å². The molecule has 5 nitrogen and oxygen atoms in total. The Kier molecular flexibility index (Phi) is 2.03. The molecule has 1 aromatic carbocycles. The second kappa shape index (κ2) is 3.60. The lowest BCUT2D eigenvalue weighted by atomic mass is 10.1. The fraction of sp³-hybridized carbons (Fsp3) is 0.250. The molecule has 0 fully saturated rings. The molecule has 0 unspecified atom stereocenters. The number of fused-ring (bicyclic) bond motifs is 2. The zero-order chi connectivity index (χ0) is 12.1. The molecule has 0 spiro atoms. The average molecular weight is 257 g/mol. The maximum absolute atomic E-state index is 4.56. The van der Waals surface area contributed by atoms with E-state index in [1.165, 1.54) is 11.1 Å². The minimum absolute atomic E-state index is 0.829. The Balaban J connectivity index is 1.86. The van der Waals surface area contributed by atoms with Crippen LogP contribution < -0.4 is 5.32 Å². The van der Waals surface area contributed by atoms with Crippen molar-refractivity contribution in [3.05, 3.63) is 35.2 Å². The van der Waals surface area contributed by atoms with Crippen LogP contribution in [-0.2, 0) is 13.1 Å². The van der Waals surface area contributed by atoms with Gasteiger partial charge < -0.3 is 5.32 Å². The SMILES string of the molecule is Cc1nnc2sc(-c3ccc4c(c3)CNC4)nn12. The molecule has 0 saturated heterocycles. The van der Waals surface area contributed by atoms with Gasteiger partial charge in [0.15, 0.2) is 5.82 Å². The summed E-state index contributed by atoms with van der Waals surface area (Å²) in [4.78, 5) is 0.848. The minimum Gasteiger partial charge on any atom is -0.309 e. The first-order valence-electron chi connectivity index (χ1n) is 5.83. The van der Waals surface area contributed by atoms with E-state index < -0.39 is 0 Å². The normalized spacial score (nSPS) is 14.3. The van der Waals surface area contributed by atoms with Gasteiger partial charge in [-0.15, -0.1) is 10.2 Å². The zero-order valence-corrected chi connectivity index (χ0v) is 10.7. The van der Waals surface area contributed by atoms with Crippen LogP contribution in [-0.4, -0.2) is 19.8 Å². The third kappa shape index (κ3) is 1.39. The fourth-order valence-corrected chi connectivity index (χ4v) is 3.14. The van der Waals surface area contributed by atoms with Crippen molar-refractivity contribution in [2.75, 3.05) is 0 Å². The van der Waals surface area contributed by atoms with Crippen LogP contribution in [0.15, 0.2) is 18.2 Å². The van der Waals surface area contributed by atoms with E-state index in [0.717, 1.165) is 34.4 Å². The molecule has 18 heavy (non-hydrogen) atoms. The number of rotatable bonds is 1. The monoisotopic (exact) mass is 257 g/mol. The molecule has 0 aliphatic carbocycles. The second-order valence-electron chi connectivity index (χ2n) is 4.44. The van der Waals surface area contributed by atoms with Gasteiger partial charge in [0.1, 0.15) is 5.01 Å². The Morgan fingerprint density at radius 1 is 1.22 bits per heavy atom. The molecule has 3 aromatic rings. The van der Waals surface area contributed by atoms with Gasteiger partial charge >= 0.3 is 0 Å². The van der Waals surface area contributed by atoms with Gasteiger partial charge in [0.25, 0.3) is 0 Å². The molecule has 3 heterocycles. The number of nitrogens with zero attached hydrogens (tertiary/aromatic N) is 4. The number of hydrogen-bond acceptors (Lipinski definition) is 5. The van der Waals surface area contributed by atoms with Gasteiger partial charge in [-0.05, 0) is 24.1 Å². The lowest BCUT2D eigenvalue weighted by Crippen LogP contribution is -1.99. The molecule has 0 radical (unpaired) electrons. The summed E-state index contributed by atoms with van der Waals surface area (Å²) in [6, 6.07) is 6.53. The van der Waals surface area contributed by atoms with Crippen molar-refractivity contribution >= 4 is 16.3 Å². The van der Waals surface area contributed by atoms with Crippen molar-refractivity contribution < 1.29 is 0 Å². The molecule has 0 bridgehead atoms. The summed E-state index contributed by atoms with van der Waals surface area (Å²) in [6.07, 6.45) is 0. The summed E-state index contributed by atoms with van der Waals surface area (Å²) in [6.45, 7) is 3.84. The van der Waals surface area contributed by atoms with Crippen molar-refractivity contribution in [2.45, 2.75) is 20.0 Å². The summed E-state index contributed by atoms with van der Waals surface area (Å²) < 4.78 is 1.80. The van der Waals surface area contributed by atoms with Crippen LogP contribution >= 0.6 is 11.3 Å². The zero-order valence-electron chi connectivity index (χ0n) is 9.84. The highest BCUT2D eigenvalue weighted by Gasteiger charge is 2.14. The molecule has 6 heteroatoms. The maximum atomic E-state index is 4.56. The molecule has 1 N–H and O–H groups in total. The Morgan fingerprint density at radius 3 is 3.00 bits per heavy atom. The molecule has 90 valence electrons. The van der Waals surface area contributed by atoms with E-state index in [-0.39, 0.29) is 0 Å². The summed E-state index contributed by atoms with van der Waals surface area (Å²) >= 11 is 1.57. The lowest BCUT2D eigenvalue weighted by molar-refractivity contribution is 0.765. The Hall–Kier alpha value is -1.79. The van der Waals surface area contributed by atoms with E-state index in [2.05, 4.69) is 38.8 Å². The van der Waals surface area contributed by atoms with Crippen LogP contribution in [0.3, 0.4) is 0 Å².